The monoisotopic (exact) mass is 293 g/mol. The molecule has 1 aromatic rings. The van der Waals surface area contributed by atoms with E-state index in [2.05, 4.69) is 12.1 Å². The van der Waals surface area contributed by atoms with E-state index >= 15 is 0 Å². The molecule has 1 unspecified atom stereocenters. The van der Waals surface area contributed by atoms with Gasteiger partial charge < -0.3 is 10.0 Å². The Bertz CT molecular complexity index is 410. The normalized spacial score (nSPS) is 18.4. The van der Waals surface area contributed by atoms with Crippen LogP contribution in [-0.4, -0.2) is 41.4 Å². The topological polar surface area (TPSA) is 40.5 Å². The van der Waals surface area contributed by atoms with Gasteiger partial charge in [0.2, 0.25) is 5.91 Å². The molecule has 1 aliphatic heterocycles. The van der Waals surface area contributed by atoms with Crippen molar-refractivity contribution in [3.63, 3.8) is 0 Å². The maximum absolute atomic E-state index is 12.1. The van der Waals surface area contributed by atoms with E-state index in [-0.39, 0.29) is 12.5 Å². The number of hydrogen-bond donors (Lipinski definition) is 1. The molecule has 1 atom stereocenters. The third-order valence-electron chi connectivity index (χ3n) is 3.72. The number of hydrogen-bond acceptors (Lipinski definition) is 3. The van der Waals surface area contributed by atoms with Crippen LogP contribution in [0.2, 0.25) is 0 Å². The van der Waals surface area contributed by atoms with E-state index in [1.54, 1.807) is 0 Å². The molecule has 0 aliphatic carbocycles. The predicted molar refractivity (Wildman–Crippen MR) is 82.8 cm³/mol. The minimum atomic E-state index is 0.237. The van der Waals surface area contributed by atoms with Crippen LogP contribution in [0, 0.1) is 5.92 Å². The molecule has 1 aromatic carbocycles. The van der Waals surface area contributed by atoms with Gasteiger partial charge in [0, 0.05) is 31.0 Å². The number of nitrogens with zero attached hydrogens (tertiary/aromatic N) is 1. The Labute approximate surface area is 125 Å². The van der Waals surface area contributed by atoms with Crippen molar-refractivity contribution in [3.05, 3.63) is 30.3 Å². The molecular weight excluding hydrogens is 270 g/mol. The molecule has 4 heteroatoms. The highest BCUT2D eigenvalue weighted by molar-refractivity contribution is 7.99. The van der Waals surface area contributed by atoms with Crippen molar-refractivity contribution in [3.8, 4) is 0 Å². The van der Waals surface area contributed by atoms with Gasteiger partial charge in [-0.25, -0.2) is 0 Å². The Kier molecular flexibility index (Phi) is 6.40. The molecule has 1 heterocycles. The third-order valence-corrected chi connectivity index (χ3v) is 4.82. The van der Waals surface area contributed by atoms with Crippen LogP contribution in [0.5, 0.6) is 0 Å². The lowest BCUT2D eigenvalue weighted by Gasteiger charge is -2.16. The zero-order valence-corrected chi connectivity index (χ0v) is 12.6. The summed E-state index contributed by atoms with van der Waals surface area (Å²) in [5.74, 6) is 1.77. The second kappa shape index (κ2) is 8.32. The van der Waals surface area contributed by atoms with Crippen molar-refractivity contribution in [2.75, 3.05) is 25.4 Å². The van der Waals surface area contributed by atoms with Crippen LogP contribution in [0.15, 0.2) is 35.2 Å². The SMILES string of the molecule is O=C(CCCSc1ccccc1)N1CCC(CCO)C1. The number of benzene rings is 1. The Balaban J connectivity index is 1.61. The first-order valence-electron chi connectivity index (χ1n) is 7.36. The second-order valence-corrected chi connectivity index (χ2v) is 6.44. The van der Waals surface area contributed by atoms with Gasteiger partial charge in [0.1, 0.15) is 0 Å². The highest BCUT2D eigenvalue weighted by Crippen LogP contribution is 2.21. The maximum Gasteiger partial charge on any atom is 0.222 e. The molecule has 0 radical (unpaired) electrons. The molecule has 1 aliphatic rings. The third kappa shape index (κ3) is 4.84. The van der Waals surface area contributed by atoms with Crippen molar-refractivity contribution in [2.45, 2.75) is 30.6 Å². The molecule has 110 valence electrons. The predicted octanol–water partition coefficient (Wildman–Crippen LogP) is 2.79. The van der Waals surface area contributed by atoms with Crippen LogP contribution < -0.4 is 0 Å². The minimum absolute atomic E-state index is 0.237. The van der Waals surface area contributed by atoms with Crippen molar-refractivity contribution in [2.24, 2.45) is 5.92 Å². The number of thioether (sulfide) groups is 1. The van der Waals surface area contributed by atoms with Gasteiger partial charge in [-0.05, 0) is 43.1 Å². The maximum atomic E-state index is 12.1. The Morgan fingerprint density at radius 1 is 1.35 bits per heavy atom. The van der Waals surface area contributed by atoms with Gasteiger partial charge in [-0.2, -0.15) is 0 Å². The van der Waals surface area contributed by atoms with Crippen LogP contribution in [0.3, 0.4) is 0 Å². The fraction of sp³-hybridized carbons (Fsp3) is 0.562. The standard InChI is InChI=1S/C16H23NO2S/c18-11-9-14-8-10-17(13-14)16(19)7-4-12-20-15-5-2-1-3-6-15/h1-3,5-6,14,18H,4,7-13H2. The summed E-state index contributed by atoms with van der Waals surface area (Å²) in [6, 6.07) is 10.3. The molecule has 1 fully saturated rings. The van der Waals surface area contributed by atoms with Gasteiger partial charge in [0.15, 0.2) is 0 Å². The summed E-state index contributed by atoms with van der Waals surface area (Å²) in [5.41, 5.74) is 0. The van der Waals surface area contributed by atoms with Gasteiger partial charge in [0.05, 0.1) is 0 Å². The summed E-state index contributed by atoms with van der Waals surface area (Å²) in [7, 11) is 0. The Morgan fingerprint density at radius 3 is 2.90 bits per heavy atom. The van der Waals surface area contributed by atoms with Gasteiger partial charge in [-0.3, -0.25) is 4.79 Å². The first kappa shape index (κ1) is 15.4. The first-order valence-corrected chi connectivity index (χ1v) is 8.34. The quantitative estimate of drug-likeness (QED) is 0.621. The molecule has 2 rings (SSSR count). The highest BCUT2D eigenvalue weighted by atomic mass is 32.2. The van der Waals surface area contributed by atoms with E-state index in [1.165, 1.54) is 4.90 Å². The zero-order valence-electron chi connectivity index (χ0n) is 11.8. The van der Waals surface area contributed by atoms with Gasteiger partial charge in [-0.15, -0.1) is 11.8 Å². The number of carbonyl (C=O) groups excluding carboxylic acids is 1. The molecule has 0 aromatic heterocycles. The summed E-state index contributed by atoms with van der Waals surface area (Å²) < 4.78 is 0. The number of likely N-dealkylation sites (tertiary alicyclic amines) is 1. The van der Waals surface area contributed by atoms with E-state index in [1.807, 2.05) is 34.9 Å². The Morgan fingerprint density at radius 2 is 2.15 bits per heavy atom. The largest absolute Gasteiger partial charge is 0.396 e. The fourth-order valence-corrected chi connectivity index (χ4v) is 3.44. The van der Waals surface area contributed by atoms with E-state index in [0.29, 0.717) is 12.3 Å². The number of amides is 1. The number of aliphatic hydroxyl groups excluding tert-OH is 1. The summed E-state index contributed by atoms with van der Waals surface area (Å²) in [6.45, 7) is 1.95. The van der Waals surface area contributed by atoms with Crippen LogP contribution in [0.4, 0.5) is 0 Å². The van der Waals surface area contributed by atoms with E-state index < -0.39 is 0 Å². The number of rotatable bonds is 7. The van der Waals surface area contributed by atoms with E-state index in [4.69, 9.17) is 5.11 Å². The molecule has 3 nitrogen and oxygen atoms in total. The summed E-state index contributed by atoms with van der Waals surface area (Å²) >= 11 is 1.81. The molecule has 1 amide bonds. The average Bonchev–Trinajstić information content (AvgIpc) is 2.94. The summed E-state index contributed by atoms with van der Waals surface area (Å²) in [6.07, 6.45) is 3.45. The minimum Gasteiger partial charge on any atom is -0.396 e. The molecule has 1 N–H and O–H groups in total. The lowest BCUT2D eigenvalue weighted by molar-refractivity contribution is -0.130. The second-order valence-electron chi connectivity index (χ2n) is 5.27. The molecule has 1 saturated heterocycles. The van der Waals surface area contributed by atoms with Crippen LogP contribution >= 0.6 is 11.8 Å². The van der Waals surface area contributed by atoms with Crippen molar-refractivity contribution >= 4 is 17.7 Å². The molecule has 0 saturated carbocycles. The lowest BCUT2D eigenvalue weighted by atomic mass is 10.1. The van der Waals surface area contributed by atoms with E-state index in [0.717, 1.165) is 38.1 Å². The van der Waals surface area contributed by atoms with Gasteiger partial charge in [0.25, 0.3) is 0 Å². The summed E-state index contributed by atoms with van der Waals surface area (Å²) in [4.78, 5) is 15.3. The average molecular weight is 293 g/mol. The van der Waals surface area contributed by atoms with Crippen molar-refractivity contribution in [1.82, 2.24) is 4.90 Å². The molecule has 20 heavy (non-hydrogen) atoms. The fourth-order valence-electron chi connectivity index (χ4n) is 2.57. The molecule has 0 bridgehead atoms. The molecule has 0 spiro atoms. The van der Waals surface area contributed by atoms with Crippen LogP contribution in [-0.2, 0) is 4.79 Å². The lowest BCUT2D eigenvalue weighted by Crippen LogP contribution is -2.28. The van der Waals surface area contributed by atoms with Gasteiger partial charge in [-0.1, -0.05) is 18.2 Å². The van der Waals surface area contributed by atoms with Crippen molar-refractivity contribution < 1.29 is 9.90 Å². The van der Waals surface area contributed by atoms with Gasteiger partial charge >= 0.3 is 0 Å². The molecular formula is C16H23NO2S. The van der Waals surface area contributed by atoms with Crippen molar-refractivity contribution in [1.29, 1.82) is 0 Å². The van der Waals surface area contributed by atoms with Crippen LogP contribution in [0.25, 0.3) is 0 Å². The smallest absolute Gasteiger partial charge is 0.222 e. The first-order chi connectivity index (χ1) is 9.79. The van der Waals surface area contributed by atoms with Crippen LogP contribution in [0.1, 0.15) is 25.7 Å². The summed E-state index contributed by atoms with van der Waals surface area (Å²) in [5, 5.41) is 8.93. The highest BCUT2D eigenvalue weighted by Gasteiger charge is 2.25. The zero-order chi connectivity index (χ0) is 14.2. The number of aliphatic hydroxyl groups is 1. The van der Waals surface area contributed by atoms with E-state index in [9.17, 15) is 4.79 Å². The Hall–Kier alpha value is -1.00. The number of carbonyl (C=O) groups is 1.